The van der Waals surface area contributed by atoms with Gasteiger partial charge in [0.15, 0.2) is 0 Å². The van der Waals surface area contributed by atoms with Gasteiger partial charge in [0.1, 0.15) is 0 Å². The van der Waals surface area contributed by atoms with E-state index in [0.717, 1.165) is 5.92 Å². The molecule has 0 amide bonds. The second-order valence-corrected chi connectivity index (χ2v) is 4.76. The fraction of sp³-hybridized carbons (Fsp3) is 0.857. The zero-order valence-electron chi connectivity index (χ0n) is 10.7. The predicted molar refractivity (Wildman–Crippen MR) is 70.7 cm³/mol. The third-order valence-corrected chi connectivity index (χ3v) is 2.48. The lowest BCUT2D eigenvalue weighted by Gasteiger charge is -2.27. The van der Waals surface area contributed by atoms with Crippen molar-refractivity contribution in [2.75, 3.05) is 0 Å². The molecule has 0 aromatic carbocycles. The van der Waals surface area contributed by atoms with E-state index in [9.17, 15) is 0 Å². The Morgan fingerprint density at radius 3 is 1.79 bits per heavy atom. The molecular weight excluding hydrogens is 168 g/mol. The Bertz CT molecular complexity index is 125. The monoisotopic (exact) mass is 200 g/mol. The summed E-state index contributed by atoms with van der Waals surface area (Å²) < 4.78 is 0. The zero-order valence-corrected chi connectivity index (χ0v) is 10.7. The van der Waals surface area contributed by atoms with Gasteiger partial charge in [-0.25, -0.2) is 0 Å². The third-order valence-electron chi connectivity index (χ3n) is 2.48. The van der Waals surface area contributed by atoms with Crippen molar-refractivity contribution in [3.63, 3.8) is 0 Å². The van der Waals surface area contributed by atoms with Crippen LogP contribution in [0.3, 0.4) is 0 Å². The third kappa shape index (κ3) is 11.7. The molecule has 0 aromatic rings. The summed E-state index contributed by atoms with van der Waals surface area (Å²) in [5.74, 6) is 0.791. The molecule has 0 saturated heterocycles. The SMILES string of the molecule is C.C=C(C)CCC(C)C(C)(C)C.CC. The maximum atomic E-state index is 3.91. The summed E-state index contributed by atoms with van der Waals surface area (Å²) in [6.45, 7) is 19.2. The number of hydrogen-bond acceptors (Lipinski definition) is 0. The Hall–Kier alpha value is -0.260. The highest BCUT2D eigenvalue weighted by atomic mass is 14.2. The molecule has 0 N–H and O–H groups in total. The Labute approximate surface area is 92.8 Å². The van der Waals surface area contributed by atoms with Crippen molar-refractivity contribution in [1.29, 1.82) is 0 Å². The number of rotatable bonds is 3. The summed E-state index contributed by atoms with van der Waals surface area (Å²) >= 11 is 0. The summed E-state index contributed by atoms with van der Waals surface area (Å²) in [6.07, 6.45) is 2.46. The van der Waals surface area contributed by atoms with Crippen molar-refractivity contribution in [3.8, 4) is 0 Å². The summed E-state index contributed by atoms with van der Waals surface area (Å²) in [7, 11) is 0. The Kier molecular flexibility index (Phi) is 12.8. The van der Waals surface area contributed by atoms with Crippen LogP contribution in [0.2, 0.25) is 0 Å². The maximum absolute atomic E-state index is 3.91. The van der Waals surface area contributed by atoms with Crippen LogP contribution >= 0.6 is 0 Å². The van der Waals surface area contributed by atoms with Crippen molar-refractivity contribution >= 4 is 0 Å². The molecule has 0 aliphatic rings. The lowest BCUT2D eigenvalue weighted by molar-refractivity contribution is 0.247. The van der Waals surface area contributed by atoms with Gasteiger partial charge in [-0.1, -0.05) is 54.5 Å². The smallest absolute Gasteiger partial charge is 0.0323 e. The van der Waals surface area contributed by atoms with Crippen LogP contribution in [-0.4, -0.2) is 0 Å². The summed E-state index contributed by atoms with van der Waals surface area (Å²) in [6, 6.07) is 0. The van der Waals surface area contributed by atoms with Crippen LogP contribution < -0.4 is 0 Å². The molecule has 0 heteroatoms. The first-order valence-corrected chi connectivity index (χ1v) is 5.48. The fourth-order valence-corrected chi connectivity index (χ4v) is 0.896. The molecule has 0 spiro atoms. The minimum Gasteiger partial charge on any atom is -0.100 e. The van der Waals surface area contributed by atoms with Crippen molar-refractivity contribution in [2.24, 2.45) is 11.3 Å². The second-order valence-electron chi connectivity index (χ2n) is 4.76. The van der Waals surface area contributed by atoms with Crippen molar-refractivity contribution in [2.45, 2.75) is 68.7 Å². The molecule has 0 rings (SSSR count). The first-order chi connectivity index (χ1) is 5.84. The average molecular weight is 200 g/mol. The zero-order chi connectivity index (χ0) is 11.1. The summed E-state index contributed by atoms with van der Waals surface area (Å²) in [4.78, 5) is 0. The summed E-state index contributed by atoms with van der Waals surface area (Å²) in [5, 5.41) is 0. The van der Waals surface area contributed by atoms with E-state index in [2.05, 4.69) is 41.2 Å². The minimum absolute atomic E-state index is 0. The van der Waals surface area contributed by atoms with Crippen LogP contribution in [0.5, 0.6) is 0 Å². The normalized spacial score (nSPS) is 11.9. The molecule has 1 unspecified atom stereocenters. The average Bonchev–Trinajstić information content (AvgIpc) is 2.02. The van der Waals surface area contributed by atoms with Gasteiger partial charge >= 0.3 is 0 Å². The Morgan fingerprint density at radius 2 is 1.57 bits per heavy atom. The van der Waals surface area contributed by atoms with E-state index in [1.807, 2.05) is 13.8 Å². The first-order valence-electron chi connectivity index (χ1n) is 5.48. The molecule has 0 bridgehead atoms. The Morgan fingerprint density at radius 1 is 1.21 bits per heavy atom. The lowest BCUT2D eigenvalue weighted by Crippen LogP contribution is -2.16. The van der Waals surface area contributed by atoms with Gasteiger partial charge in [-0.2, -0.15) is 0 Å². The van der Waals surface area contributed by atoms with E-state index >= 15 is 0 Å². The molecule has 0 fully saturated rings. The van der Waals surface area contributed by atoms with Crippen LogP contribution in [0.15, 0.2) is 12.2 Å². The van der Waals surface area contributed by atoms with Gasteiger partial charge < -0.3 is 0 Å². The highest BCUT2D eigenvalue weighted by Gasteiger charge is 2.18. The van der Waals surface area contributed by atoms with Crippen LogP contribution in [0, 0.1) is 11.3 Å². The van der Waals surface area contributed by atoms with Gasteiger partial charge in [0.25, 0.3) is 0 Å². The Balaban J connectivity index is -0.000000376. The fourth-order valence-electron chi connectivity index (χ4n) is 0.896. The van der Waals surface area contributed by atoms with Crippen LogP contribution in [0.1, 0.15) is 68.7 Å². The van der Waals surface area contributed by atoms with E-state index in [4.69, 9.17) is 0 Å². The standard InChI is InChI=1S/C11H22.C2H6.CH4/c1-9(2)7-8-10(3)11(4,5)6;1-2;/h10H,1,7-8H2,2-6H3;1-2H3;1H4. The molecule has 88 valence electrons. The molecule has 0 radical (unpaired) electrons. The van der Waals surface area contributed by atoms with Gasteiger partial charge in [-0.3, -0.25) is 0 Å². The van der Waals surface area contributed by atoms with E-state index < -0.39 is 0 Å². The molecule has 1 atom stereocenters. The van der Waals surface area contributed by atoms with Gasteiger partial charge in [0.2, 0.25) is 0 Å². The topological polar surface area (TPSA) is 0 Å². The van der Waals surface area contributed by atoms with Crippen LogP contribution in [-0.2, 0) is 0 Å². The molecule has 0 aromatic heterocycles. The van der Waals surface area contributed by atoms with Crippen molar-refractivity contribution in [1.82, 2.24) is 0 Å². The van der Waals surface area contributed by atoms with E-state index in [0.29, 0.717) is 5.41 Å². The number of hydrogen-bond donors (Lipinski definition) is 0. The molecule has 0 nitrogen and oxygen atoms in total. The van der Waals surface area contributed by atoms with Crippen LogP contribution in [0.4, 0.5) is 0 Å². The van der Waals surface area contributed by atoms with Crippen molar-refractivity contribution < 1.29 is 0 Å². The first kappa shape index (κ1) is 19.3. The van der Waals surface area contributed by atoms with E-state index in [-0.39, 0.29) is 7.43 Å². The molecule has 0 saturated carbocycles. The van der Waals surface area contributed by atoms with Crippen LogP contribution in [0.25, 0.3) is 0 Å². The lowest BCUT2D eigenvalue weighted by atomic mass is 9.79. The van der Waals surface area contributed by atoms with E-state index in [1.54, 1.807) is 0 Å². The van der Waals surface area contributed by atoms with Gasteiger partial charge in [-0.05, 0) is 31.1 Å². The molecule has 0 aliphatic heterocycles. The van der Waals surface area contributed by atoms with Gasteiger partial charge in [0.05, 0.1) is 0 Å². The van der Waals surface area contributed by atoms with Gasteiger partial charge in [0, 0.05) is 0 Å². The van der Waals surface area contributed by atoms with Crippen molar-refractivity contribution in [3.05, 3.63) is 12.2 Å². The van der Waals surface area contributed by atoms with E-state index in [1.165, 1.54) is 18.4 Å². The molecule has 14 heavy (non-hydrogen) atoms. The molecule has 0 aliphatic carbocycles. The summed E-state index contributed by atoms with van der Waals surface area (Å²) in [5.41, 5.74) is 1.76. The maximum Gasteiger partial charge on any atom is -0.0323 e. The quantitative estimate of drug-likeness (QED) is 0.514. The molecular formula is C14H32. The highest BCUT2D eigenvalue weighted by Crippen LogP contribution is 2.29. The highest BCUT2D eigenvalue weighted by molar-refractivity contribution is 4.88. The van der Waals surface area contributed by atoms with Gasteiger partial charge in [-0.15, -0.1) is 6.58 Å². The predicted octanol–water partition coefficient (Wildman–Crippen LogP) is 5.69. The minimum atomic E-state index is 0. The largest absolute Gasteiger partial charge is 0.100 e. The number of allylic oxidation sites excluding steroid dienone is 1. The second kappa shape index (κ2) is 9.30. The molecule has 0 heterocycles.